The monoisotopic (exact) mass is 348 g/mol. The Kier molecular flexibility index (Phi) is 5.09. The van der Waals surface area contributed by atoms with Gasteiger partial charge in [0.25, 0.3) is 0 Å². The van der Waals surface area contributed by atoms with Gasteiger partial charge in [-0.15, -0.1) is 0 Å². The molecule has 1 aliphatic carbocycles. The summed E-state index contributed by atoms with van der Waals surface area (Å²) in [6.45, 7) is 1.67. The minimum atomic E-state index is -0.289. The van der Waals surface area contributed by atoms with Gasteiger partial charge in [0.1, 0.15) is 0 Å². The third-order valence-electron chi connectivity index (χ3n) is 5.11. The van der Waals surface area contributed by atoms with Gasteiger partial charge in [-0.25, -0.2) is 4.98 Å². The fourth-order valence-electron chi connectivity index (χ4n) is 3.80. The van der Waals surface area contributed by atoms with Crippen molar-refractivity contribution in [1.82, 2.24) is 19.9 Å². The lowest BCUT2D eigenvalue weighted by molar-refractivity contribution is 0.145. The maximum atomic E-state index is 10.4. The number of pyridine rings is 1. The zero-order valence-electron chi connectivity index (χ0n) is 14.7. The highest BCUT2D eigenvalue weighted by Crippen LogP contribution is 2.28. The quantitative estimate of drug-likeness (QED) is 0.719. The van der Waals surface area contributed by atoms with Gasteiger partial charge in [0, 0.05) is 43.3 Å². The van der Waals surface area contributed by atoms with Gasteiger partial charge in [-0.3, -0.25) is 4.98 Å². The molecular weight excluding hydrogens is 324 g/mol. The van der Waals surface area contributed by atoms with Crippen LogP contribution in [0.5, 0.6) is 0 Å². The van der Waals surface area contributed by atoms with Gasteiger partial charge >= 0.3 is 0 Å². The van der Waals surface area contributed by atoms with E-state index in [1.54, 1.807) is 6.20 Å². The van der Waals surface area contributed by atoms with Crippen molar-refractivity contribution in [3.05, 3.63) is 72.9 Å². The first-order valence-corrected chi connectivity index (χ1v) is 9.15. The molecule has 0 bridgehead atoms. The molecule has 0 spiro atoms. The minimum absolute atomic E-state index is 0.141. The summed E-state index contributed by atoms with van der Waals surface area (Å²) in [4.78, 5) is 8.51. The van der Waals surface area contributed by atoms with Crippen molar-refractivity contribution in [2.75, 3.05) is 0 Å². The van der Waals surface area contributed by atoms with Gasteiger partial charge < -0.3 is 15.0 Å². The van der Waals surface area contributed by atoms with E-state index in [1.807, 2.05) is 36.9 Å². The number of hydrogen-bond acceptors (Lipinski definition) is 4. The Labute approximate surface area is 153 Å². The molecule has 3 aromatic rings. The number of nitrogens with zero attached hydrogens (tertiary/aromatic N) is 3. The van der Waals surface area contributed by atoms with Crippen LogP contribution in [0.3, 0.4) is 0 Å². The van der Waals surface area contributed by atoms with Crippen LogP contribution in [0, 0.1) is 5.92 Å². The molecule has 2 N–H and O–H groups in total. The lowest BCUT2D eigenvalue weighted by Gasteiger charge is -2.17. The molecule has 1 saturated carbocycles. The summed E-state index contributed by atoms with van der Waals surface area (Å²) in [5.41, 5.74) is 3.31. The highest BCUT2D eigenvalue weighted by Gasteiger charge is 2.32. The second kappa shape index (κ2) is 7.81. The average Bonchev–Trinajstić information content (AvgIpc) is 3.31. The Bertz CT molecular complexity index is 819. The van der Waals surface area contributed by atoms with Crippen molar-refractivity contribution in [2.24, 2.45) is 5.92 Å². The maximum absolute atomic E-state index is 10.4. The van der Waals surface area contributed by atoms with E-state index in [9.17, 15) is 5.11 Å². The molecule has 4 rings (SSSR count). The number of aromatic nitrogens is 3. The van der Waals surface area contributed by atoms with Crippen LogP contribution in [0.2, 0.25) is 0 Å². The standard InChI is InChI=1S/C21H24N4O/c26-21-12-17(14-25-9-8-22-15-25)11-20(21)24-13-16-4-3-5-18(10-16)19-6-1-2-7-23-19/h1-10,15,17,20-21,24,26H,11-14H2/t17?,20-,21-/m1/s1. The van der Waals surface area contributed by atoms with Crippen LogP contribution < -0.4 is 5.32 Å². The molecule has 2 heterocycles. The zero-order valence-corrected chi connectivity index (χ0v) is 14.7. The van der Waals surface area contributed by atoms with Crippen LogP contribution in [-0.2, 0) is 13.1 Å². The smallest absolute Gasteiger partial charge is 0.0945 e. The lowest BCUT2D eigenvalue weighted by atomic mass is 10.1. The van der Waals surface area contributed by atoms with E-state index in [-0.39, 0.29) is 12.1 Å². The van der Waals surface area contributed by atoms with Crippen LogP contribution in [0.1, 0.15) is 18.4 Å². The van der Waals surface area contributed by atoms with Gasteiger partial charge in [0.2, 0.25) is 0 Å². The number of aliphatic hydroxyl groups is 1. The van der Waals surface area contributed by atoms with E-state index in [0.717, 1.165) is 37.2 Å². The first kappa shape index (κ1) is 16.9. The highest BCUT2D eigenvalue weighted by molar-refractivity contribution is 5.59. The molecule has 1 aromatic carbocycles. The molecule has 26 heavy (non-hydrogen) atoms. The number of hydrogen-bond donors (Lipinski definition) is 2. The SMILES string of the molecule is O[C@@H]1CC(Cn2ccnc2)C[C@H]1NCc1cccc(-c2ccccn2)c1. The number of nitrogens with one attached hydrogen (secondary N) is 1. The molecule has 1 fully saturated rings. The fraction of sp³-hybridized carbons (Fsp3) is 0.333. The van der Waals surface area contributed by atoms with Crippen molar-refractivity contribution in [2.45, 2.75) is 38.1 Å². The van der Waals surface area contributed by atoms with E-state index >= 15 is 0 Å². The normalized spacial score (nSPS) is 22.6. The van der Waals surface area contributed by atoms with Crippen molar-refractivity contribution in [3.8, 4) is 11.3 Å². The summed E-state index contributed by atoms with van der Waals surface area (Å²) >= 11 is 0. The number of benzene rings is 1. The molecule has 5 heteroatoms. The van der Waals surface area contributed by atoms with Crippen LogP contribution in [0.15, 0.2) is 67.4 Å². The second-order valence-electron chi connectivity index (χ2n) is 7.07. The van der Waals surface area contributed by atoms with E-state index < -0.39 is 0 Å². The van der Waals surface area contributed by atoms with E-state index in [0.29, 0.717) is 5.92 Å². The highest BCUT2D eigenvalue weighted by atomic mass is 16.3. The largest absolute Gasteiger partial charge is 0.391 e. The summed E-state index contributed by atoms with van der Waals surface area (Å²) < 4.78 is 2.09. The van der Waals surface area contributed by atoms with Gasteiger partial charge in [0.15, 0.2) is 0 Å². The Morgan fingerprint density at radius 3 is 2.88 bits per heavy atom. The van der Waals surface area contributed by atoms with E-state index in [1.165, 1.54) is 5.56 Å². The third kappa shape index (κ3) is 4.00. The topological polar surface area (TPSA) is 63.0 Å². The summed E-state index contributed by atoms with van der Waals surface area (Å²) in [6.07, 6.45) is 8.98. The molecule has 134 valence electrons. The third-order valence-corrected chi connectivity index (χ3v) is 5.11. The summed E-state index contributed by atoms with van der Waals surface area (Å²) in [5, 5.41) is 13.9. The maximum Gasteiger partial charge on any atom is 0.0945 e. The number of aliphatic hydroxyl groups excluding tert-OH is 1. The van der Waals surface area contributed by atoms with Gasteiger partial charge in [-0.05, 0) is 42.5 Å². The summed E-state index contributed by atoms with van der Waals surface area (Å²) in [7, 11) is 0. The molecule has 1 unspecified atom stereocenters. The first-order chi connectivity index (χ1) is 12.8. The van der Waals surface area contributed by atoms with E-state index in [4.69, 9.17) is 0 Å². The number of imidazole rings is 1. The molecule has 3 atom stereocenters. The average molecular weight is 348 g/mol. The van der Waals surface area contributed by atoms with Crippen molar-refractivity contribution in [3.63, 3.8) is 0 Å². The van der Waals surface area contributed by atoms with Crippen molar-refractivity contribution >= 4 is 0 Å². The van der Waals surface area contributed by atoms with Gasteiger partial charge in [-0.1, -0.05) is 24.3 Å². The molecule has 0 saturated heterocycles. The van der Waals surface area contributed by atoms with Crippen LogP contribution >= 0.6 is 0 Å². The predicted molar refractivity (Wildman–Crippen MR) is 101 cm³/mol. The first-order valence-electron chi connectivity index (χ1n) is 9.15. The molecule has 0 amide bonds. The van der Waals surface area contributed by atoms with Gasteiger partial charge in [0.05, 0.1) is 18.1 Å². The minimum Gasteiger partial charge on any atom is -0.391 e. The molecule has 1 aliphatic rings. The number of rotatable bonds is 6. The Hall–Kier alpha value is -2.50. The van der Waals surface area contributed by atoms with E-state index in [2.05, 4.69) is 44.1 Å². The van der Waals surface area contributed by atoms with Crippen LogP contribution in [0.25, 0.3) is 11.3 Å². The van der Waals surface area contributed by atoms with Crippen molar-refractivity contribution < 1.29 is 5.11 Å². The Balaban J connectivity index is 1.35. The predicted octanol–water partition coefficient (Wildman–Crippen LogP) is 2.87. The molecule has 2 aromatic heterocycles. The van der Waals surface area contributed by atoms with Crippen molar-refractivity contribution in [1.29, 1.82) is 0 Å². The molecular formula is C21H24N4O. The van der Waals surface area contributed by atoms with Gasteiger partial charge in [-0.2, -0.15) is 0 Å². The molecule has 0 radical (unpaired) electrons. The molecule has 0 aliphatic heterocycles. The fourth-order valence-corrected chi connectivity index (χ4v) is 3.80. The summed E-state index contributed by atoms with van der Waals surface area (Å²) in [6, 6.07) is 14.5. The molecule has 5 nitrogen and oxygen atoms in total. The summed E-state index contributed by atoms with van der Waals surface area (Å²) in [5.74, 6) is 0.483. The Morgan fingerprint density at radius 1 is 1.12 bits per heavy atom. The van der Waals surface area contributed by atoms with Crippen LogP contribution in [-0.4, -0.2) is 31.8 Å². The zero-order chi connectivity index (χ0) is 17.8. The second-order valence-corrected chi connectivity index (χ2v) is 7.07. The lowest BCUT2D eigenvalue weighted by Crippen LogP contribution is -2.35. The Morgan fingerprint density at radius 2 is 2.08 bits per heavy atom. The van der Waals surface area contributed by atoms with Crippen LogP contribution in [0.4, 0.5) is 0 Å².